The number of hydrogen-bond acceptors (Lipinski definition) is 3. The van der Waals surface area contributed by atoms with Gasteiger partial charge in [0.2, 0.25) is 0 Å². The number of amides is 2. The van der Waals surface area contributed by atoms with Crippen molar-refractivity contribution >= 4 is 33.6 Å². The molecule has 0 aliphatic carbocycles. The second kappa shape index (κ2) is 7.31. The van der Waals surface area contributed by atoms with Gasteiger partial charge in [0.05, 0.1) is 17.3 Å². The number of halogens is 1. The van der Waals surface area contributed by atoms with E-state index >= 15 is 0 Å². The Bertz CT molecular complexity index is 581. The number of urea groups is 1. The smallest absolute Gasteiger partial charge is 0.326 e. The number of nitrogens with zero attached hydrogens (tertiary/aromatic N) is 1. The summed E-state index contributed by atoms with van der Waals surface area (Å²) in [5.41, 5.74) is 0.877. The molecule has 0 saturated carbocycles. The number of anilines is 1. The zero-order valence-corrected chi connectivity index (χ0v) is 12.0. The van der Waals surface area contributed by atoms with Gasteiger partial charge in [-0.1, -0.05) is 6.08 Å². The maximum atomic E-state index is 11.7. The standard InChI is InChI=1S/C13H12BrN3O3/c1-2-3-11(12(18)19)17-13(20)16-10-5-4-8(7-15)6-9(10)14/h2,4-6,11H,1,3H2,(H,18,19)(H2,16,17,20). The highest BCUT2D eigenvalue weighted by Crippen LogP contribution is 2.23. The van der Waals surface area contributed by atoms with Crippen LogP contribution in [0.4, 0.5) is 10.5 Å². The maximum absolute atomic E-state index is 11.7. The molecule has 1 aromatic rings. The number of nitrogens with one attached hydrogen (secondary N) is 2. The van der Waals surface area contributed by atoms with E-state index in [1.165, 1.54) is 6.08 Å². The SMILES string of the molecule is C=CCC(NC(=O)Nc1ccc(C#N)cc1Br)C(=O)O. The van der Waals surface area contributed by atoms with Crippen LogP contribution in [0.15, 0.2) is 35.3 Å². The maximum Gasteiger partial charge on any atom is 0.326 e. The quantitative estimate of drug-likeness (QED) is 0.718. The summed E-state index contributed by atoms with van der Waals surface area (Å²) in [6.07, 6.45) is 1.54. The van der Waals surface area contributed by atoms with Crippen LogP contribution in [0, 0.1) is 11.3 Å². The molecule has 0 fully saturated rings. The summed E-state index contributed by atoms with van der Waals surface area (Å²) < 4.78 is 0.530. The summed E-state index contributed by atoms with van der Waals surface area (Å²) in [5.74, 6) is -1.14. The Hall–Kier alpha value is -2.33. The second-order valence-corrected chi connectivity index (χ2v) is 4.67. The summed E-state index contributed by atoms with van der Waals surface area (Å²) >= 11 is 3.22. The van der Waals surface area contributed by atoms with Crippen LogP contribution in [0.3, 0.4) is 0 Å². The molecular weight excluding hydrogens is 326 g/mol. The van der Waals surface area contributed by atoms with Gasteiger partial charge in [-0.2, -0.15) is 5.26 Å². The monoisotopic (exact) mass is 337 g/mol. The Kier molecular flexibility index (Phi) is 5.74. The van der Waals surface area contributed by atoms with Crippen molar-refractivity contribution in [2.45, 2.75) is 12.5 Å². The molecule has 0 saturated heterocycles. The molecule has 0 radical (unpaired) electrons. The first-order valence-corrected chi connectivity index (χ1v) is 6.38. The highest BCUT2D eigenvalue weighted by Gasteiger charge is 2.18. The van der Waals surface area contributed by atoms with Crippen molar-refractivity contribution in [2.24, 2.45) is 0 Å². The largest absolute Gasteiger partial charge is 0.480 e. The fourth-order valence-electron chi connectivity index (χ4n) is 1.39. The summed E-state index contributed by atoms with van der Waals surface area (Å²) in [5, 5.41) is 22.5. The lowest BCUT2D eigenvalue weighted by Gasteiger charge is -2.14. The molecule has 104 valence electrons. The van der Waals surface area contributed by atoms with Crippen LogP contribution < -0.4 is 10.6 Å². The molecule has 1 aromatic carbocycles. The average Bonchev–Trinajstić information content (AvgIpc) is 2.40. The number of nitriles is 1. The Morgan fingerprint density at radius 2 is 2.25 bits per heavy atom. The number of carboxylic acid groups (broad SMARTS) is 1. The van der Waals surface area contributed by atoms with Gasteiger partial charge in [0, 0.05) is 4.47 Å². The molecule has 0 bridgehead atoms. The lowest BCUT2D eigenvalue weighted by molar-refractivity contribution is -0.139. The van der Waals surface area contributed by atoms with Crippen LogP contribution in [-0.2, 0) is 4.79 Å². The fourth-order valence-corrected chi connectivity index (χ4v) is 1.87. The molecule has 20 heavy (non-hydrogen) atoms. The molecule has 0 aliphatic rings. The minimum Gasteiger partial charge on any atom is -0.480 e. The van der Waals surface area contributed by atoms with Gasteiger partial charge in [-0.3, -0.25) is 0 Å². The molecule has 1 rings (SSSR count). The molecule has 3 N–H and O–H groups in total. The molecule has 0 heterocycles. The third-order valence-electron chi connectivity index (χ3n) is 2.35. The van der Waals surface area contributed by atoms with Gasteiger partial charge < -0.3 is 15.7 Å². The topological polar surface area (TPSA) is 102 Å². The van der Waals surface area contributed by atoms with Gasteiger partial charge in [-0.15, -0.1) is 6.58 Å². The minimum atomic E-state index is -1.14. The zero-order valence-electron chi connectivity index (χ0n) is 10.4. The Morgan fingerprint density at radius 1 is 1.55 bits per heavy atom. The molecule has 0 aromatic heterocycles. The van der Waals surface area contributed by atoms with Gasteiger partial charge >= 0.3 is 12.0 Å². The van der Waals surface area contributed by atoms with Crippen LogP contribution in [0.25, 0.3) is 0 Å². The number of aliphatic carboxylic acids is 1. The number of rotatable bonds is 5. The third kappa shape index (κ3) is 4.40. The van der Waals surface area contributed by atoms with E-state index in [0.717, 1.165) is 0 Å². The van der Waals surface area contributed by atoms with Crippen molar-refractivity contribution in [1.82, 2.24) is 5.32 Å². The van der Waals surface area contributed by atoms with Crippen LogP contribution >= 0.6 is 15.9 Å². The number of benzene rings is 1. The van der Waals surface area contributed by atoms with E-state index in [1.54, 1.807) is 18.2 Å². The van der Waals surface area contributed by atoms with E-state index in [4.69, 9.17) is 10.4 Å². The second-order valence-electron chi connectivity index (χ2n) is 3.82. The molecule has 1 atom stereocenters. The summed E-state index contributed by atoms with van der Waals surface area (Å²) in [7, 11) is 0. The van der Waals surface area contributed by atoms with Crippen molar-refractivity contribution in [3.05, 3.63) is 40.9 Å². The van der Waals surface area contributed by atoms with Crippen LogP contribution in [0.2, 0.25) is 0 Å². The molecule has 1 unspecified atom stereocenters. The van der Waals surface area contributed by atoms with Crippen LogP contribution in [-0.4, -0.2) is 23.1 Å². The number of carboxylic acids is 1. The van der Waals surface area contributed by atoms with Gasteiger partial charge in [-0.05, 0) is 40.5 Å². The lowest BCUT2D eigenvalue weighted by atomic mass is 10.2. The molecule has 7 heteroatoms. The summed E-state index contributed by atoms with van der Waals surface area (Å²) in [6.45, 7) is 3.43. The zero-order chi connectivity index (χ0) is 15.1. The van der Waals surface area contributed by atoms with Crippen molar-refractivity contribution < 1.29 is 14.7 Å². The van der Waals surface area contributed by atoms with E-state index in [2.05, 4.69) is 33.1 Å². The first-order chi connectivity index (χ1) is 9.47. The fraction of sp³-hybridized carbons (Fsp3) is 0.154. The summed E-state index contributed by atoms with van der Waals surface area (Å²) in [4.78, 5) is 22.6. The minimum absolute atomic E-state index is 0.122. The normalized spacial score (nSPS) is 11.0. The van der Waals surface area contributed by atoms with E-state index in [-0.39, 0.29) is 6.42 Å². The van der Waals surface area contributed by atoms with E-state index in [1.807, 2.05) is 6.07 Å². The van der Waals surface area contributed by atoms with Crippen LogP contribution in [0.5, 0.6) is 0 Å². The molecule has 2 amide bonds. The van der Waals surface area contributed by atoms with E-state index in [9.17, 15) is 9.59 Å². The Labute approximate surface area is 124 Å². The van der Waals surface area contributed by atoms with Crippen molar-refractivity contribution in [3.8, 4) is 6.07 Å². The molecule has 6 nitrogen and oxygen atoms in total. The Morgan fingerprint density at radius 3 is 2.75 bits per heavy atom. The average molecular weight is 338 g/mol. The molecule has 0 aliphatic heterocycles. The van der Waals surface area contributed by atoms with E-state index in [0.29, 0.717) is 15.7 Å². The third-order valence-corrected chi connectivity index (χ3v) is 3.01. The van der Waals surface area contributed by atoms with Crippen LogP contribution in [0.1, 0.15) is 12.0 Å². The van der Waals surface area contributed by atoms with Crippen molar-refractivity contribution in [2.75, 3.05) is 5.32 Å². The summed E-state index contributed by atoms with van der Waals surface area (Å²) in [6, 6.07) is 4.92. The van der Waals surface area contributed by atoms with Gasteiger partial charge in [0.1, 0.15) is 6.04 Å². The van der Waals surface area contributed by atoms with Gasteiger partial charge in [0.25, 0.3) is 0 Å². The number of carbonyl (C=O) groups is 2. The highest BCUT2D eigenvalue weighted by molar-refractivity contribution is 9.10. The van der Waals surface area contributed by atoms with Gasteiger partial charge in [-0.25, -0.2) is 9.59 Å². The van der Waals surface area contributed by atoms with Gasteiger partial charge in [0.15, 0.2) is 0 Å². The molecular formula is C13H12BrN3O3. The van der Waals surface area contributed by atoms with Crippen molar-refractivity contribution in [1.29, 1.82) is 5.26 Å². The van der Waals surface area contributed by atoms with E-state index < -0.39 is 18.0 Å². The lowest BCUT2D eigenvalue weighted by Crippen LogP contribution is -2.42. The first kappa shape index (κ1) is 15.7. The number of hydrogen-bond donors (Lipinski definition) is 3. The predicted molar refractivity (Wildman–Crippen MR) is 77.2 cm³/mol. The van der Waals surface area contributed by atoms with Crippen molar-refractivity contribution in [3.63, 3.8) is 0 Å². The first-order valence-electron chi connectivity index (χ1n) is 5.58. The molecule has 0 spiro atoms. The number of carbonyl (C=O) groups excluding carboxylic acids is 1. The highest BCUT2D eigenvalue weighted by atomic mass is 79.9. The predicted octanol–water partition coefficient (Wildman–Crippen LogP) is 2.47. The Balaban J connectivity index is 2.73.